The Labute approximate surface area is 164 Å². The van der Waals surface area contributed by atoms with Gasteiger partial charge in [-0.15, -0.1) is 5.10 Å². The molecule has 0 aliphatic heterocycles. The summed E-state index contributed by atoms with van der Waals surface area (Å²) in [6.07, 6.45) is 2.25. The number of halogens is 1. The third kappa shape index (κ3) is 4.23. The first-order chi connectivity index (χ1) is 13.5. The van der Waals surface area contributed by atoms with Gasteiger partial charge in [0.05, 0.1) is 17.6 Å². The monoisotopic (exact) mass is 401 g/mol. The number of carbonyl (C=O) groups is 2. The SMILES string of the molecule is C[C@@H](OC(=O)Nc1c(-c2ccc(NC=O)cn2)nnn1C)c1cccnc1Cl. The molecule has 1 atom stereocenters. The molecule has 0 unspecified atom stereocenters. The van der Waals surface area contributed by atoms with E-state index >= 15 is 0 Å². The number of pyridine rings is 2. The maximum absolute atomic E-state index is 12.3. The normalized spacial score (nSPS) is 11.5. The maximum Gasteiger partial charge on any atom is 0.413 e. The summed E-state index contributed by atoms with van der Waals surface area (Å²) in [6, 6.07) is 6.73. The molecule has 10 nitrogen and oxygen atoms in total. The van der Waals surface area contributed by atoms with Crippen LogP contribution >= 0.6 is 11.6 Å². The van der Waals surface area contributed by atoms with Crippen molar-refractivity contribution in [2.24, 2.45) is 7.05 Å². The lowest BCUT2D eigenvalue weighted by Gasteiger charge is -2.15. The highest BCUT2D eigenvalue weighted by Crippen LogP contribution is 2.26. The van der Waals surface area contributed by atoms with Crippen molar-refractivity contribution in [1.29, 1.82) is 0 Å². The number of ether oxygens (including phenoxy) is 1. The average Bonchev–Trinajstić information content (AvgIpc) is 3.03. The number of amides is 2. The number of rotatable bonds is 6. The largest absolute Gasteiger partial charge is 0.441 e. The Bertz CT molecular complexity index is 991. The zero-order valence-electron chi connectivity index (χ0n) is 15.0. The zero-order valence-corrected chi connectivity index (χ0v) is 15.7. The van der Waals surface area contributed by atoms with E-state index in [1.54, 1.807) is 44.4 Å². The lowest BCUT2D eigenvalue weighted by molar-refractivity contribution is -0.105. The summed E-state index contributed by atoms with van der Waals surface area (Å²) in [7, 11) is 1.62. The van der Waals surface area contributed by atoms with Gasteiger partial charge < -0.3 is 10.1 Å². The van der Waals surface area contributed by atoms with Gasteiger partial charge in [-0.2, -0.15) is 0 Å². The maximum atomic E-state index is 12.3. The van der Waals surface area contributed by atoms with E-state index in [0.717, 1.165) is 0 Å². The van der Waals surface area contributed by atoms with Crippen LogP contribution in [0.3, 0.4) is 0 Å². The molecule has 0 bridgehead atoms. The van der Waals surface area contributed by atoms with Crippen LogP contribution in [0.2, 0.25) is 5.15 Å². The quantitative estimate of drug-likeness (QED) is 0.480. The molecule has 0 aliphatic carbocycles. The van der Waals surface area contributed by atoms with Crippen molar-refractivity contribution in [1.82, 2.24) is 25.0 Å². The lowest BCUT2D eigenvalue weighted by atomic mass is 10.2. The molecular weight excluding hydrogens is 386 g/mol. The molecule has 11 heteroatoms. The average molecular weight is 402 g/mol. The highest BCUT2D eigenvalue weighted by atomic mass is 35.5. The van der Waals surface area contributed by atoms with Gasteiger partial charge in [0, 0.05) is 18.8 Å². The fourth-order valence-corrected chi connectivity index (χ4v) is 2.68. The second-order valence-corrected chi connectivity index (χ2v) is 6.02. The lowest BCUT2D eigenvalue weighted by Crippen LogP contribution is -2.18. The van der Waals surface area contributed by atoms with Crippen molar-refractivity contribution in [3.05, 3.63) is 47.4 Å². The third-order valence-electron chi connectivity index (χ3n) is 3.79. The number of nitrogens with one attached hydrogen (secondary N) is 2. The molecule has 28 heavy (non-hydrogen) atoms. The fourth-order valence-electron chi connectivity index (χ4n) is 2.41. The molecule has 0 saturated carbocycles. The number of aryl methyl sites for hydroxylation is 1. The smallest absolute Gasteiger partial charge is 0.413 e. The van der Waals surface area contributed by atoms with Gasteiger partial charge in [-0.1, -0.05) is 22.9 Å². The van der Waals surface area contributed by atoms with E-state index in [1.807, 2.05) is 0 Å². The van der Waals surface area contributed by atoms with E-state index in [-0.39, 0.29) is 5.15 Å². The Morgan fingerprint density at radius 3 is 2.82 bits per heavy atom. The molecule has 3 aromatic rings. The minimum atomic E-state index is -0.710. The van der Waals surface area contributed by atoms with E-state index in [1.165, 1.54) is 10.9 Å². The first kappa shape index (κ1) is 19.2. The van der Waals surface area contributed by atoms with Gasteiger partial charge >= 0.3 is 6.09 Å². The molecular formula is C17H16ClN7O3. The van der Waals surface area contributed by atoms with Crippen molar-refractivity contribution in [3.8, 4) is 11.4 Å². The van der Waals surface area contributed by atoms with Crippen molar-refractivity contribution in [2.75, 3.05) is 10.6 Å². The molecule has 0 aromatic carbocycles. The van der Waals surface area contributed by atoms with Gasteiger partial charge in [0.15, 0.2) is 11.5 Å². The zero-order chi connectivity index (χ0) is 20.1. The summed E-state index contributed by atoms with van der Waals surface area (Å²) in [5.74, 6) is 0.304. The molecule has 2 N–H and O–H groups in total. The van der Waals surface area contributed by atoms with Crippen molar-refractivity contribution in [3.63, 3.8) is 0 Å². The summed E-state index contributed by atoms with van der Waals surface area (Å²) >= 11 is 6.03. The van der Waals surface area contributed by atoms with E-state index in [4.69, 9.17) is 16.3 Å². The predicted molar refractivity (Wildman–Crippen MR) is 102 cm³/mol. The number of aromatic nitrogens is 5. The molecule has 0 radical (unpaired) electrons. The number of carbonyl (C=O) groups excluding carboxylic acids is 2. The van der Waals surface area contributed by atoms with E-state index in [0.29, 0.717) is 34.9 Å². The van der Waals surface area contributed by atoms with Crippen LogP contribution in [-0.2, 0) is 16.6 Å². The number of hydrogen-bond donors (Lipinski definition) is 2. The van der Waals surface area contributed by atoms with Crippen molar-refractivity contribution >= 4 is 35.6 Å². The Morgan fingerprint density at radius 2 is 2.14 bits per heavy atom. The molecule has 0 saturated heterocycles. The van der Waals surface area contributed by atoms with Crippen LogP contribution in [-0.4, -0.2) is 37.5 Å². The van der Waals surface area contributed by atoms with Crippen LogP contribution < -0.4 is 10.6 Å². The van der Waals surface area contributed by atoms with E-state index < -0.39 is 12.2 Å². The number of hydrogen-bond acceptors (Lipinski definition) is 7. The Morgan fingerprint density at radius 1 is 1.32 bits per heavy atom. The summed E-state index contributed by atoms with van der Waals surface area (Å²) in [6.45, 7) is 1.69. The summed E-state index contributed by atoms with van der Waals surface area (Å²) in [4.78, 5) is 31.0. The molecule has 0 aliphatic rings. The van der Waals surface area contributed by atoms with Gasteiger partial charge in [-0.25, -0.2) is 14.5 Å². The minimum absolute atomic E-state index is 0.263. The molecule has 0 spiro atoms. The van der Waals surface area contributed by atoms with Crippen LogP contribution in [0.15, 0.2) is 36.7 Å². The molecule has 3 rings (SSSR count). The summed E-state index contributed by atoms with van der Waals surface area (Å²) in [5, 5.41) is 13.3. The summed E-state index contributed by atoms with van der Waals surface area (Å²) in [5.41, 5.74) is 1.92. The molecule has 3 heterocycles. The standard InChI is InChI=1S/C17H16ClN7O3/c1-10(12-4-3-7-19-15(12)18)28-17(27)22-16-14(23-24-25(16)2)13-6-5-11(8-20-13)21-9-26/h3-10H,1-2H3,(H,21,26)(H,22,27)/t10-/m1/s1. The minimum Gasteiger partial charge on any atom is -0.441 e. The topological polar surface area (TPSA) is 124 Å². The molecule has 2 amide bonds. The van der Waals surface area contributed by atoms with Crippen LogP contribution in [0.25, 0.3) is 11.4 Å². The third-order valence-corrected chi connectivity index (χ3v) is 4.10. The van der Waals surface area contributed by atoms with Crippen LogP contribution in [0.5, 0.6) is 0 Å². The van der Waals surface area contributed by atoms with E-state index in [2.05, 4.69) is 30.9 Å². The second kappa shape index (κ2) is 8.44. The molecule has 3 aromatic heterocycles. The highest BCUT2D eigenvalue weighted by Gasteiger charge is 2.20. The van der Waals surface area contributed by atoms with Gasteiger partial charge in [0.25, 0.3) is 0 Å². The summed E-state index contributed by atoms with van der Waals surface area (Å²) < 4.78 is 6.76. The van der Waals surface area contributed by atoms with Gasteiger partial charge in [-0.3, -0.25) is 15.1 Å². The van der Waals surface area contributed by atoms with Crippen LogP contribution in [0.4, 0.5) is 16.3 Å². The van der Waals surface area contributed by atoms with Gasteiger partial charge in [0.2, 0.25) is 6.41 Å². The van der Waals surface area contributed by atoms with Gasteiger partial charge in [-0.05, 0) is 25.1 Å². The Kier molecular flexibility index (Phi) is 5.80. The first-order valence-corrected chi connectivity index (χ1v) is 8.51. The first-order valence-electron chi connectivity index (χ1n) is 8.14. The Balaban J connectivity index is 1.75. The fraction of sp³-hybridized carbons (Fsp3) is 0.176. The van der Waals surface area contributed by atoms with Crippen molar-refractivity contribution in [2.45, 2.75) is 13.0 Å². The van der Waals surface area contributed by atoms with Gasteiger partial charge in [0.1, 0.15) is 11.3 Å². The highest BCUT2D eigenvalue weighted by molar-refractivity contribution is 6.30. The van der Waals surface area contributed by atoms with E-state index in [9.17, 15) is 9.59 Å². The Hall–Kier alpha value is -3.53. The molecule has 0 fully saturated rings. The van der Waals surface area contributed by atoms with Crippen molar-refractivity contribution < 1.29 is 14.3 Å². The predicted octanol–water partition coefficient (Wildman–Crippen LogP) is 2.80. The van der Waals surface area contributed by atoms with Crippen LogP contribution in [0, 0.1) is 0 Å². The molecule has 144 valence electrons. The second-order valence-electron chi connectivity index (χ2n) is 5.66. The van der Waals surface area contributed by atoms with Crippen LogP contribution in [0.1, 0.15) is 18.6 Å². The number of anilines is 2. The number of nitrogens with zero attached hydrogens (tertiary/aromatic N) is 5.